The first-order valence-corrected chi connectivity index (χ1v) is 5.16. The van der Waals surface area contributed by atoms with Crippen molar-refractivity contribution in [3.63, 3.8) is 0 Å². The summed E-state index contributed by atoms with van der Waals surface area (Å²) in [5.41, 5.74) is 7.10. The van der Waals surface area contributed by atoms with Gasteiger partial charge in [0, 0.05) is 23.4 Å². The standard InChI is InChI=1S/C12H11N3O3/c1-18-11-7-8(15(16)17)4-5-9(11)10-3-2-6-14-12(10)13/h2-7H,1H3,(H2,13,14). The zero-order chi connectivity index (χ0) is 13.1. The van der Waals surface area contributed by atoms with E-state index < -0.39 is 4.92 Å². The number of rotatable bonds is 3. The number of nitrogens with two attached hydrogens (primary N) is 1. The Balaban J connectivity index is 2.58. The lowest BCUT2D eigenvalue weighted by molar-refractivity contribution is -0.384. The highest BCUT2D eigenvalue weighted by molar-refractivity contribution is 5.79. The zero-order valence-corrected chi connectivity index (χ0v) is 9.66. The Bertz CT molecular complexity index is 599. The lowest BCUT2D eigenvalue weighted by atomic mass is 10.0. The Hall–Kier alpha value is -2.63. The van der Waals surface area contributed by atoms with Gasteiger partial charge in [0.2, 0.25) is 0 Å². The molecule has 1 aromatic carbocycles. The fourth-order valence-electron chi connectivity index (χ4n) is 1.66. The van der Waals surface area contributed by atoms with Gasteiger partial charge in [0.25, 0.3) is 5.69 Å². The van der Waals surface area contributed by atoms with E-state index in [2.05, 4.69) is 4.98 Å². The van der Waals surface area contributed by atoms with Crippen LogP contribution in [-0.4, -0.2) is 17.0 Å². The van der Waals surface area contributed by atoms with Gasteiger partial charge >= 0.3 is 0 Å². The molecule has 2 N–H and O–H groups in total. The van der Waals surface area contributed by atoms with E-state index in [0.717, 1.165) is 0 Å². The number of pyridine rings is 1. The summed E-state index contributed by atoms with van der Waals surface area (Å²) in [4.78, 5) is 14.2. The van der Waals surface area contributed by atoms with E-state index in [1.165, 1.54) is 19.2 Å². The van der Waals surface area contributed by atoms with Crippen LogP contribution in [0.5, 0.6) is 5.75 Å². The number of ether oxygens (including phenoxy) is 1. The van der Waals surface area contributed by atoms with Gasteiger partial charge in [-0.05, 0) is 18.2 Å². The maximum atomic E-state index is 10.7. The maximum Gasteiger partial charge on any atom is 0.273 e. The largest absolute Gasteiger partial charge is 0.496 e. The Morgan fingerprint density at radius 1 is 1.33 bits per heavy atom. The highest BCUT2D eigenvalue weighted by Gasteiger charge is 2.14. The molecule has 18 heavy (non-hydrogen) atoms. The lowest BCUT2D eigenvalue weighted by Gasteiger charge is -2.09. The average Bonchev–Trinajstić information content (AvgIpc) is 2.38. The van der Waals surface area contributed by atoms with Crippen molar-refractivity contribution in [1.82, 2.24) is 4.98 Å². The third-order valence-electron chi connectivity index (χ3n) is 2.52. The number of anilines is 1. The molecule has 0 atom stereocenters. The molecule has 0 bridgehead atoms. The molecule has 0 unspecified atom stereocenters. The SMILES string of the molecule is COc1cc([N+](=O)[O-])ccc1-c1cccnc1N. The number of nitrogen functional groups attached to an aromatic ring is 1. The van der Waals surface area contributed by atoms with Crippen molar-refractivity contribution in [3.05, 3.63) is 46.6 Å². The fraction of sp³-hybridized carbons (Fsp3) is 0.0833. The van der Waals surface area contributed by atoms with E-state index in [-0.39, 0.29) is 5.69 Å². The summed E-state index contributed by atoms with van der Waals surface area (Å²) in [7, 11) is 1.45. The molecule has 1 heterocycles. The van der Waals surface area contributed by atoms with Gasteiger partial charge in [-0.2, -0.15) is 0 Å². The third kappa shape index (κ3) is 2.08. The van der Waals surface area contributed by atoms with Crippen molar-refractivity contribution in [3.8, 4) is 16.9 Å². The summed E-state index contributed by atoms with van der Waals surface area (Å²) in [5.74, 6) is 0.744. The molecule has 0 amide bonds. The summed E-state index contributed by atoms with van der Waals surface area (Å²) in [5, 5.41) is 10.7. The van der Waals surface area contributed by atoms with Gasteiger partial charge in [0.05, 0.1) is 18.1 Å². The van der Waals surface area contributed by atoms with Crippen LogP contribution in [0.25, 0.3) is 11.1 Å². The van der Waals surface area contributed by atoms with E-state index in [9.17, 15) is 10.1 Å². The molecule has 2 aromatic rings. The van der Waals surface area contributed by atoms with Crippen molar-refractivity contribution >= 4 is 11.5 Å². The van der Waals surface area contributed by atoms with Crippen LogP contribution in [0.3, 0.4) is 0 Å². The Kier molecular flexibility index (Phi) is 3.09. The highest BCUT2D eigenvalue weighted by atomic mass is 16.6. The predicted octanol–water partition coefficient (Wildman–Crippen LogP) is 2.25. The smallest absolute Gasteiger partial charge is 0.273 e. The van der Waals surface area contributed by atoms with Gasteiger partial charge in [0.15, 0.2) is 0 Å². The van der Waals surface area contributed by atoms with Crippen molar-refractivity contribution in [2.45, 2.75) is 0 Å². The minimum absolute atomic E-state index is 0.0296. The van der Waals surface area contributed by atoms with E-state index in [4.69, 9.17) is 10.5 Å². The van der Waals surface area contributed by atoms with Gasteiger partial charge in [-0.3, -0.25) is 10.1 Å². The molecule has 6 heteroatoms. The number of nitro benzene ring substituents is 1. The Morgan fingerprint density at radius 3 is 2.72 bits per heavy atom. The molecular weight excluding hydrogens is 234 g/mol. The zero-order valence-electron chi connectivity index (χ0n) is 9.66. The molecule has 0 aliphatic carbocycles. The minimum atomic E-state index is -0.473. The molecule has 0 aliphatic rings. The van der Waals surface area contributed by atoms with Crippen LogP contribution in [-0.2, 0) is 0 Å². The van der Waals surface area contributed by atoms with Crippen molar-refractivity contribution < 1.29 is 9.66 Å². The number of nitro groups is 1. The van der Waals surface area contributed by atoms with Crippen molar-refractivity contribution in [2.24, 2.45) is 0 Å². The molecule has 2 rings (SSSR count). The quantitative estimate of drug-likeness (QED) is 0.661. The summed E-state index contributed by atoms with van der Waals surface area (Å²) < 4.78 is 5.16. The van der Waals surface area contributed by atoms with E-state index in [1.54, 1.807) is 24.4 Å². The van der Waals surface area contributed by atoms with Crippen LogP contribution in [0, 0.1) is 10.1 Å². The first-order chi connectivity index (χ1) is 8.63. The van der Waals surface area contributed by atoms with Crippen LogP contribution in [0.15, 0.2) is 36.5 Å². The maximum absolute atomic E-state index is 10.7. The summed E-state index contributed by atoms with van der Waals surface area (Å²) >= 11 is 0. The summed E-state index contributed by atoms with van der Waals surface area (Å²) in [6.45, 7) is 0. The predicted molar refractivity (Wildman–Crippen MR) is 67.3 cm³/mol. The number of nitrogens with zero attached hydrogens (tertiary/aromatic N) is 2. The number of hydrogen-bond donors (Lipinski definition) is 1. The second-order valence-electron chi connectivity index (χ2n) is 3.58. The Labute approximate surface area is 103 Å². The molecule has 92 valence electrons. The van der Waals surface area contributed by atoms with E-state index in [0.29, 0.717) is 22.7 Å². The molecule has 6 nitrogen and oxygen atoms in total. The van der Waals surface area contributed by atoms with E-state index in [1.807, 2.05) is 0 Å². The number of aromatic nitrogens is 1. The van der Waals surface area contributed by atoms with Gasteiger partial charge in [-0.25, -0.2) is 4.98 Å². The van der Waals surface area contributed by atoms with Crippen LogP contribution < -0.4 is 10.5 Å². The topological polar surface area (TPSA) is 91.3 Å². The third-order valence-corrected chi connectivity index (χ3v) is 2.52. The molecule has 0 saturated heterocycles. The molecule has 0 aliphatic heterocycles. The van der Waals surface area contributed by atoms with E-state index >= 15 is 0 Å². The summed E-state index contributed by atoms with van der Waals surface area (Å²) in [6, 6.07) is 7.90. The number of hydrogen-bond acceptors (Lipinski definition) is 5. The number of non-ortho nitro benzene ring substituents is 1. The fourth-order valence-corrected chi connectivity index (χ4v) is 1.66. The van der Waals surface area contributed by atoms with Gasteiger partial charge < -0.3 is 10.5 Å². The summed E-state index contributed by atoms with van der Waals surface area (Å²) in [6.07, 6.45) is 1.58. The minimum Gasteiger partial charge on any atom is -0.496 e. The second-order valence-corrected chi connectivity index (χ2v) is 3.58. The molecule has 0 saturated carbocycles. The van der Waals surface area contributed by atoms with Gasteiger partial charge in [0.1, 0.15) is 11.6 Å². The van der Waals surface area contributed by atoms with Crippen LogP contribution in [0.2, 0.25) is 0 Å². The Morgan fingerprint density at radius 2 is 2.11 bits per heavy atom. The number of benzene rings is 1. The average molecular weight is 245 g/mol. The normalized spacial score (nSPS) is 10.1. The van der Waals surface area contributed by atoms with Gasteiger partial charge in [-0.1, -0.05) is 0 Å². The van der Waals surface area contributed by atoms with Crippen LogP contribution in [0.4, 0.5) is 11.5 Å². The lowest BCUT2D eigenvalue weighted by Crippen LogP contribution is -1.96. The highest BCUT2D eigenvalue weighted by Crippen LogP contribution is 2.35. The molecule has 0 fully saturated rings. The van der Waals surface area contributed by atoms with Crippen LogP contribution >= 0.6 is 0 Å². The van der Waals surface area contributed by atoms with Crippen LogP contribution in [0.1, 0.15) is 0 Å². The van der Waals surface area contributed by atoms with Crippen molar-refractivity contribution in [2.75, 3.05) is 12.8 Å². The first kappa shape index (κ1) is 11.8. The van der Waals surface area contributed by atoms with Gasteiger partial charge in [-0.15, -0.1) is 0 Å². The molecule has 1 aromatic heterocycles. The second kappa shape index (κ2) is 4.70. The molecule has 0 radical (unpaired) electrons. The monoisotopic (exact) mass is 245 g/mol. The first-order valence-electron chi connectivity index (χ1n) is 5.16. The molecule has 0 spiro atoms. The van der Waals surface area contributed by atoms with Crippen molar-refractivity contribution in [1.29, 1.82) is 0 Å². The molecular formula is C12H11N3O3. The number of methoxy groups -OCH3 is 1.